The first-order chi connectivity index (χ1) is 10.6. The van der Waals surface area contributed by atoms with E-state index >= 15 is 0 Å². The molecular formula is C16H14ClNO4. The average Bonchev–Trinajstić information content (AvgIpc) is 2.52. The number of halogens is 1. The third kappa shape index (κ3) is 4.23. The number of hydrogen-bond donors (Lipinski definition) is 0. The average molecular weight is 320 g/mol. The zero-order chi connectivity index (χ0) is 15.9. The van der Waals surface area contributed by atoms with Gasteiger partial charge in [-0.1, -0.05) is 35.9 Å². The molecule has 0 bridgehead atoms. The maximum absolute atomic E-state index is 10.3. The summed E-state index contributed by atoms with van der Waals surface area (Å²) in [5.74, 6) is 1.04. The van der Waals surface area contributed by atoms with E-state index in [2.05, 4.69) is 0 Å². The third-order valence-corrected chi connectivity index (χ3v) is 3.29. The summed E-state index contributed by atoms with van der Waals surface area (Å²) in [5.41, 5.74) is 1.52. The molecule has 0 atom stereocenters. The van der Waals surface area contributed by atoms with E-state index in [1.807, 2.05) is 18.2 Å². The topological polar surface area (TPSA) is 61.6 Å². The van der Waals surface area contributed by atoms with E-state index in [-0.39, 0.29) is 0 Å². The van der Waals surface area contributed by atoms with Crippen molar-refractivity contribution >= 4 is 17.7 Å². The molecule has 0 heterocycles. The van der Waals surface area contributed by atoms with Gasteiger partial charge in [-0.2, -0.15) is 0 Å². The van der Waals surface area contributed by atoms with Crippen molar-refractivity contribution in [1.82, 2.24) is 0 Å². The minimum Gasteiger partial charge on any atom is -0.493 e. The van der Waals surface area contributed by atoms with Gasteiger partial charge in [-0.3, -0.25) is 10.1 Å². The van der Waals surface area contributed by atoms with Gasteiger partial charge in [-0.25, -0.2) is 0 Å². The Kier molecular flexibility index (Phi) is 5.38. The highest BCUT2D eigenvalue weighted by atomic mass is 35.5. The highest BCUT2D eigenvalue weighted by molar-refractivity contribution is 6.31. The van der Waals surface area contributed by atoms with Gasteiger partial charge >= 0.3 is 0 Å². The number of hydrogen-bond acceptors (Lipinski definition) is 4. The van der Waals surface area contributed by atoms with Crippen LogP contribution in [-0.2, 0) is 6.61 Å². The Balaban J connectivity index is 2.14. The molecule has 114 valence electrons. The van der Waals surface area contributed by atoms with Crippen molar-refractivity contribution in [1.29, 1.82) is 0 Å². The second-order valence-corrected chi connectivity index (χ2v) is 4.80. The molecule has 0 unspecified atom stereocenters. The van der Waals surface area contributed by atoms with Crippen molar-refractivity contribution in [3.8, 4) is 11.5 Å². The standard InChI is InChI=1S/C16H14ClNO4/c1-21-16-10-12(8-9-18(19)20)6-7-15(16)22-11-13-4-2-3-5-14(13)17/h2-10H,11H2,1H3/b9-8-. The second-order valence-electron chi connectivity index (χ2n) is 4.39. The van der Waals surface area contributed by atoms with Gasteiger partial charge in [0.1, 0.15) is 6.61 Å². The zero-order valence-corrected chi connectivity index (χ0v) is 12.6. The van der Waals surface area contributed by atoms with Crippen LogP contribution in [0.5, 0.6) is 11.5 Å². The van der Waals surface area contributed by atoms with E-state index in [1.165, 1.54) is 13.2 Å². The number of ether oxygens (including phenoxy) is 2. The molecule has 2 aromatic carbocycles. The molecule has 0 fully saturated rings. The van der Waals surface area contributed by atoms with Gasteiger partial charge in [0.2, 0.25) is 6.20 Å². The van der Waals surface area contributed by atoms with Crippen LogP contribution >= 0.6 is 11.6 Å². The molecule has 0 saturated carbocycles. The summed E-state index contributed by atoms with van der Waals surface area (Å²) in [6.07, 6.45) is 2.26. The number of rotatable bonds is 6. The number of nitro groups is 1. The molecule has 0 aliphatic rings. The number of nitrogens with zero attached hydrogens (tertiary/aromatic N) is 1. The van der Waals surface area contributed by atoms with Crippen molar-refractivity contribution in [2.24, 2.45) is 0 Å². The number of methoxy groups -OCH3 is 1. The maximum Gasteiger partial charge on any atom is 0.235 e. The van der Waals surface area contributed by atoms with Crippen molar-refractivity contribution in [2.45, 2.75) is 6.61 Å². The lowest BCUT2D eigenvalue weighted by molar-refractivity contribution is -0.400. The zero-order valence-electron chi connectivity index (χ0n) is 11.9. The lowest BCUT2D eigenvalue weighted by Gasteiger charge is -2.12. The normalized spacial score (nSPS) is 10.6. The first kappa shape index (κ1) is 15.9. The van der Waals surface area contributed by atoms with E-state index in [9.17, 15) is 10.1 Å². The molecule has 6 heteroatoms. The summed E-state index contributed by atoms with van der Waals surface area (Å²) in [5, 5.41) is 11.0. The van der Waals surface area contributed by atoms with E-state index in [4.69, 9.17) is 21.1 Å². The summed E-state index contributed by atoms with van der Waals surface area (Å²) in [7, 11) is 1.51. The van der Waals surface area contributed by atoms with Crippen LogP contribution in [0.15, 0.2) is 48.7 Å². The van der Waals surface area contributed by atoms with Gasteiger partial charge < -0.3 is 9.47 Å². The van der Waals surface area contributed by atoms with Crippen LogP contribution in [0.3, 0.4) is 0 Å². The van der Waals surface area contributed by atoms with E-state index in [1.54, 1.807) is 24.3 Å². The Morgan fingerprint density at radius 1 is 1.23 bits per heavy atom. The molecular weight excluding hydrogens is 306 g/mol. The summed E-state index contributed by atoms with van der Waals surface area (Å²) in [6, 6.07) is 12.5. The Morgan fingerprint density at radius 3 is 2.68 bits per heavy atom. The maximum atomic E-state index is 10.3. The molecule has 2 rings (SSSR count). The Hall–Kier alpha value is -2.53. The monoisotopic (exact) mass is 319 g/mol. The summed E-state index contributed by atoms with van der Waals surface area (Å²) >= 11 is 6.08. The van der Waals surface area contributed by atoms with Gasteiger partial charge in [-0.05, 0) is 23.8 Å². The molecule has 5 nitrogen and oxygen atoms in total. The largest absolute Gasteiger partial charge is 0.493 e. The molecule has 0 radical (unpaired) electrons. The quantitative estimate of drug-likeness (QED) is 0.592. The van der Waals surface area contributed by atoms with E-state index in [0.717, 1.165) is 11.8 Å². The second kappa shape index (κ2) is 7.47. The van der Waals surface area contributed by atoms with Crippen molar-refractivity contribution in [2.75, 3.05) is 7.11 Å². The van der Waals surface area contributed by atoms with E-state index < -0.39 is 4.92 Å². The summed E-state index contributed by atoms with van der Waals surface area (Å²) < 4.78 is 11.0. The molecule has 0 saturated heterocycles. The SMILES string of the molecule is COc1cc(/C=C\[N+](=O)[O-])ccc1OCc1ccccc1Cl. The van der Waals surface area contributed by atoms with Gasteiger partial charge in [0.05, 0.1) is 12.0 Å². The molecule has 22 heavy (non-hydrogen) atoms. The van der Waals surface area contributed by atoms with Crippen LogP contribution in [0, 0.1) is 10.1 Å². The summed E-state index contributed by atoms with van der Waals surface area (Å²) in [6.45, 7) is 0.306. The van der Waals surface area contributed by atoms with Gasteiger partial charge in [0, 0.05) is 16.7 Å². The molecule has 0 spiro atoms. The predicted octanol–water partition coefficient (Wildman–Crippen LogP) is 4.18. The van der Waals surface area contributed by atoms with Gasteiger partial charge in [0.15, 0.2) is 11.5 Å². The minimum atomic E-state index is -0.520. The highest BCUT2D eigenvalue weighted by Crippen LogP contribution is 2.30. The van der Waals surface area contributed by atoms with Crippen LogP contribution in [0.25, 0.3) is 6.08 Å². The predicted molar refractivity (Wildman–Crippen MR) is 84.8 cm³/mol. The first-order valence-corrected chi connectivity index (χ1v) is 6.84. The van der Waals surface area contributed by atoms with Crippen molar-refractivity contribution < 1.29 is 14.4 Å². The number of benzene rings is 2. The molecule has 0 aliphatic carbocycles. The Morgan fingerprint density at radius 2 is 2.00 bits per heavy atom. The molecule has 0 N–H and O–H groups in total. The molecule has 0 aromatic heterocycles. The Labute approximate surface area is 132 Å². The van der Waals surface area contributed by atoms with Crippen LogP contribution in [-0.4, -0.2) is 12.0 Å². The van der Waals surface area contributed by atoms with Crippen LogP contribution < -0.4 is 9.47 Å². The lowest BCUT2D eigenvalue weighted by Crippen LogP contribution is -1.98. The molecule has 0 amide bonds. The summed E-state index contributed by atoms with van der Waals surface area (Å²) in [4.78, 5) is 9.82. The third-order valence-electron chi connectivity index (χ3n) is 2.92. The van der Waals surface area contributed by atoms with Crippen LogP contribution in [0.2, 0.25) is 5.02 Å². The Bertz CT molecular complexity index is 700. The van der Waals surface area contributed by atoms with Gasteiger partial charge in [-0.15, -0.1) is 0 Å². The van der Waals surface area contributed by atoms with Crippen LogP contribution in [0.4, 0.5) is 0 Å². The van der Waals surface area contributed by atoms with Crippen LogP contribution in [0.1, 0.15) is 11.1 Å². The van der Waals surface area contributed by atoms with E-state index in [0.29, 0.717) is 28.7 Å². The highest BCUT2D eigenvalue weighted by Gasteiger charge is 2.07. The fraction of sp³-hybridized carbons (Fsp3) is 0.125. The smallest absolute Gasteiger partial charge is 0.235 e. The van der Waals surface area contributed by atoms with Crippen molar-refractivity contribution in [3.05, 3.63) is 74.9 Å². The first-order valence-electron chi connectivity index (χ1n) is 6.46. The molecule has 2 aromatic rings. The molecule has 0 aliphatic heterocycles. The lowest BCUT2D eigenvalue weighted by atomic mass is 10.2. The fourth-order valence-electron chi connectivity index (χ4n) is 1.82. The fourth-order valence-corrected chi connectivity index (χ4v) is 2.02. The van der Waals surface area contributed by atoms with Gasteiger partial charge in [0.25, 0.3) is 0 Å². The minimum absolute atomic E-state index is 0.306. The van der Waals surface area contributed by atoms with Crippen molar-refractivity contribution in [3.63, 3.8) is 0 Å².